The van der Waals surface area contributed by atoms with Gasteiger partial charge in [0.15, 0.2) is 11.6 Å². The molecule has 0 saturated heterocycles. The van der Waals surface area contributed by atoms with Crippen molar-refractivity contribution in [3.63, 3.8) is 0 Å². The fourth-order valence-corrected chi connectivity index (χ4v) is 3.52. The molecule has 0 bridgehead atoms. The first-order valence-corrected chi connectivity index (χ1v) is 10.1. The molecule has 3 N–H and O–H groups in total. The van der Waals surface area contributed by atoms with Crippen molar-refractivity contribution in [2.24, 2.45) is 5.92 Å². The summed E-state index contributed by atoms with van der Waals surface area (Å²) in [4.78, 5) is 29.0. The predicted molar refractivity (Wildman–Crippen MR) is 115 cm³/mol. The number of rotatable bonds is 5. The largest absolute Gasteiger partial charge is 0.444 e. The maximum atomic E-state index is 13.5. The Balaban J connectivity index is 1.65. The van der Waals surface area contributed by atoms with E-state index in [0.29, 0.717) is 5.65 Å². The molecule has 1 aliphatic carbocycles. The van der Waals surface area contributed by atoms with Gasteiger partial charge in [0.1, 0.15) is 23.1 Å². The summed E-state index contributed by atoms with van der Waals surface area (Å²) in [6, 6.07) is 11.2. The van der Waals surface area contributed by atoms with E-state index in [9.17, 15) is 14.0 Å². The Bertz CT molecular complexity index is 1170. The summed E-state index contributed by atoms with van der Waals surface area (Å²) in [6.45, 7) is 5.68. The molecule has 0 aliphatic heterocycles. The lowest BCUT2D eigenvalue weighted by atomic mass is 10.0. The van der Waals surface area contributed by atoms with Crippen LogP contribution in [0.25, 0.3) is 16.8 Å². The summed E-state index contributed by atoms with van der Waals surface area (Å²) in [5.74, 6) is -0.869. The molecule has 2 atom stereocenters. The van der Waals surface area contributed by atoms with Crippen molar-refractivity contribution in [3.8, 4) is 11.1 Å². The number of imidazole rings is 1. The topological polar surface area (TPSA) is 98.7 Å². The van der Waals surface area contributed by atoms with Gasteiger partial charge in [0.25, 0.3) is 0 Å². The Morgan fingerprint density at radius 2 is 1.97 bits per heavy atom. The van der Waals surface area contributed by atoms with Crippen LogP contribution in [0.1, 0.15) is 43.2 Å². The van der Waals surface area contributed by atoms with Gasteiger partial charge in [-0.05, 0) is 56.0 Å². The van der Waals surface area contributed by atoms with Gasteiger partial charge >= 0.3 is 6.09 Å². The lowest BCUT2D eigenvalue weighted by molar-refractivity contribution is 0.0523. The van der Waals surface area contributed by atoms with Crippen molar-refractivity contribution >= 4 is 23.3 Å². The van der Waals surface area contributed by atoms with Gasteiger partial charge in [-0.25, -0.2) is 14.2 Å². The highest BCUT2D eigenvalue weighted by atomic mass is 19.1. The van der Waals surface area contributed by atoms with Gasteiger partial charge in [-0.15, -0.1) is 0 Å². The number of Topliss-reactive ketones (excluding diaryl/α,β-unsaturated/α-hetero) is 1. The van der Waals surface area contributed by atoms with Crippen molar-refractivity contribution in [2.75, 3.05) is 5.73 Å². The second-order valence-corrected chi connectivity index (χ2v) is 8.73. The Hall–Kier alpha value is -3.42. The molecule has 7 nitrogen and oxygen atoms in total. The van der Waals surface area contributed by atoms with E-state index in [1.807, 2.05) is 30.3 Å². The number of hydrogen-bond donors (Lipinski definition) is 2. The number of benzene rings is 1. The van der Waals surface area contributed by atoms with Crippen LogP contribution in [0.3, 0.4) is 0 Å². The fraction of sp³-hybridized carbons (Fsp3) is 0.348. The van der Waals surface area contributed by atoms with Crippen molar-refractivity contribution in [3.05, 3.63) is 53.9 Å². The van der Waals surface area contributed by atoms with Crippen LogP contribution < -0.4 is 11.1 Å². The molecular formula is C23H25FN4O3. The van der Waals surface area contributed by atoms with E-state index in [0.717, 1.165) is 16.7 Å². The van der Waals surface area contributed by atoms with Crippen LogP contribution in [0.4, 0.5) is 15.0 Å². The molecule has 0 spiro atoms. The maximum Gasteiger partial charge on any atom is 0.407 e. The summed E-state index contributed by atoms with van der Waals surface area (Å²) >= 11 is 0. The Kier molecular flexibility index (Phi) is 5.16. The highest BCUT2D eigenvalue weighted by Gasteiger charge is 2.45. The molecule has 162 valence electrons. The van der Waals surface area contributed by atoms with Crippen LogP contribution >= 0.6 is 0 Å². The van der Waals surface area contributed by atoms with Crippen molar-refractivity contribution in [2.45, 2.75) is 45.5 Å². The number of nitrogens with one attached hydrogen (secondary N) is 1. The molecule has 0 unspecified atom stereocenters. The Morgan fingerprint density at radius 3 is 2.65 bits per heavy atom. The summed E-state index contributed by atoms with van der Waals surface area (Å²) in [5.41, 5.74) is 8.69. The number of fused-ring (bicyclic) bond motifs is 1. The second kappa shape index (κ2) is 7.68. The minimum absolute atomic E-state index is 0.0983. The van der Waals surface area contributed by atoms with E-state index in [1.54, 1.807) is 37.4 Å². The van der Waals surface area contributed by atoms with E-state index in [4.69, 9.17) is 10.5 Å². The lowest BCUT2D eigenvalue weighted by Crippen LogP contribution is -2.32. The molecule has 4 rings (SSSR count). The SMILES string of the molecule is CC(C)(C)OC(=O)NCc1ccccc1-c1ccc2nc(N)c(C(=O)[C@@H]3C[C@@H]3F)n2c1. The third kappa shape index (κ3) is 4.38. The summed E-state index contributed by atoms with van der Waals surface area (Å²) in [5, 5.41) is 2.77. The van der Waals surface area contributed by atoms with Crippen LogP contribution in [0.5, 0.6) is 0 Å². The zero-order valence-corrected chi connectivity index (χ0v) is 17.7. The molecule has 1 aliphatic rings. The summed E-state index contributed by atoms with van der Waals surface area (Å²) < 4.78 is 20.4. The normalized spacial score (nSPS) is 18.1. The smallest absolute Gasteiger partial charge is 0.407 e. The zero-order valence-electron chi connectivity index (χ0n) is 17.7. The molecule has 2 heterocycles. The number of ether oxygens (including phenoxy) is 1. The number of carbonyl (C=O) groups is 2. The summed E-state index contributed by atoms with van der Waals surface area (Å²) in [6.07, 6.45) is 0.386. The number of carbonyl (C=O) groups excluding carboxylic acids is 2. The van der Waals surface area contributed by atoms with E-state index in [-0.39, 0.29) is 30.3 Å². The number of nitrogens with two attached hydrogens (primary N) is 1. The number of pyridine rings is 1. The molecule has 2 aromatic heterocycles. The zero-order chi connectivity index (χ0) is 22.3. The quantitative estimate of drug-likeness (QED) is 0.600. The lowest BCUT2D eigenvalue weighted by Gasteiger charge is -2.20. The van der Waals surface area contributed by atoms with Gasteiger partial charge in [0.2, 0.25) is 0 Å². The Labute approximate surface area is 179 Å². The molecule has 1 amide bonds. The number of halogens is 1. The number of amides is 1. The highest BCUT2D eigenvalue weighted by Crippen LogP contribution is 2.38. The van der Waals surface area contributed by atoms with Gasteiger partial charge in [0, 0.05) is 12.7 Å². The predicted octanol–water partition coefficient (Wildman–Crippen LogP) is 4.15. The number of anilines is 1. The van der Waals surface area contributed by atoms with Crippen molar-refractivity contribution in [1.82, 2.24) is 14.7 Å². The number of nitrogen functional groups attached to an aromatic ring is 1. The minimum Gasteiger partial charge on any atom is -0.444 e. The highest BCUT2D eigenvalue weighted by molar-refractivity contribution is 6.03. The van der Waals surface area contributed by atoms with Crippen molar-refractivity contribution < 1.29 is 18.7 Å². The minimum atomic E-state index is -1.11. The van der Waals surface area contributed by atoms with Crippen LogP contribution in [0.15, 0.2) is 42.6 Å². The molecule has 0 radical (unpaired) electrons. The van der Waals surface area contributed by atoms with E-state index >= 15 is 0 Å². The number of hydrogen-bond acceptors (Lipinski definition) is 5. The van der Waals surface area contributed by atoms with Gasteiger partial charge in [-0.1, -0.05) is 24.3 Å². The molecule has 31 heavy (non-hydrogen) atoms. The van der Waals surface area contributed by atoms with E-state index in [2.05, 4.69) is 10.3 Å². The molecular weight excluding hydrogens is 399 g/mol. The first-order valence-electron chi connectivity index (χ1n) is 10.1. The molecule has 1 saturated carbocycles. The number of alkyl halides is 1. The van der Waals surface area contributed by atoms with Crippen LogP contribution in [0.2, 0.25) is 0 Å². The molecule has 1 aromatic carbocycles. The fourth-order valence-electron chi connectivity index (χ4n) is 3.52. The standard InChI is InChI=1S/C23H25FN4O3/c1-23(2,3)31-22(30)26-11-13-6-4-5-7-15(13)14-8-9-18-27-21(25)19(28(18)12-14)20(29)16-10-17(16)24/h4-9,12,16-17H,10-11,25H2,1-3H3,(H,26,30)/t16-,17+/m1/s1. The third-order valence-electron chi connectivity index (χ3n) is 5.08. The monoisotopic (exact) mass is 424 g/mol. The van der Waals surface area contributed by atoms with E-state index < -0.39 is 23.8 Å². The average molecular weight is 424 g/mol. The number of nitrogens with zero attached hydrogens (tertiary/aromatic N) is 2. The van der Waals surface area contributed by atoms with Gasteiger partial charge in [0.05, 0.1) is 5.92 Å². The van der Waals surface area contributed by atoms with Gasteiger partial charge in [-0.2, -0.15) is 0 Å². The number of ketones is 1. The third-order valence-corrected chi connectivity index (χ3v) is 5.08. The molecule has 3 aromatic rings. The molecule has 8 heteroatoms. The average Bonchev–Trinajstić information content (AvgIpc) is 3.33. The maximum absolute atomic E-state index is 13.5. The second-order valence-electron chi connectivity index (χ2n) is 8.73. The first-order chi connectivity index (χ1) is 14.6. The summed E-state index contributed by atoms with van der Waals surface area (Å²) in [7, 11) is 0. The molecule has 1 fully saturated rings. The first kappa shape index (κ1) is 20.8. The Morgan fingerprint density at radius 1 is 1.26 bits per heavy atom. The van der Waals surface area contributed by atoms with Crippen LogP contribution in [-0.4, -0.2) is 33.0 Å². The van der Waals surface area contributed by atoms with Crippen molar-refractivity contribution in [1.29, 1.82) is 0 Å². The number of aromatic nitrogens is 2. The van der Waals surface area contributed by atoms with Gasteiger partial charge < -0.3 is 15.8 Å². The van der Waals surface area contributed by atoms with Crippen LogP contribution in [0, 0.1) is 5.92 Å². The van der Waals surface area contributed by atoms with Crippen LogP contribution in [-0.2, 0) is 11.3 Å². The number of alkyl carbamates (subject to hydrolysis) is 1. The van der Waals surface area contributed by atoms with Gasteiger partial charge in [-0.3, -0.25) is 9.20 Å². The van der Waals surface area contributed by atoms with E-state index in [1.165, 1.54) is 0 Å².